The van der Waals surface area contributed by atoms with E-state index in [1.165, 1.54) is 55.1 Å². The quantitative estimate of drug-likeness (QED) is 0.172. The van der Waals surface area contributed by atoms with Gasteiger partial charge >= 0.3 is 0 Å². The predicted octanol–water partition coefficient (Wildman–Crippen LogP) is 12.5. The summed E-state index contributed by atoms with van der Waals surface area (Å²) >= 11 is 0. The smallest absolute Gasteiger partial charge is 0.164 e. The van der Waals surface area contributed by atoms with Crippen molar-refractivity contribution in [3.05, 3.63) is 193 Å². The van der Waals surface area contributed by atoms with E-state index in [4.69, 9.17) is 15.0 Å². The van der Waals surface area contributed by atoms with Gasteiger partial charge in [-0.05, 0) is 72.5 Å². The van der Waals surface area contributed by atoms with Crippen LogP contribution < -0.4 is 0 Å². The van der Waals surface area contributed by atoms with Crippen molar-refractivity contribution >= 4 is 38.8 Å². The first-order valence-electron chi connectivity index (χ1n) is 19.2. The summed E-state index contributed by atoms with van der Waals surface area (Å²) in [5.41, 5.74) is 13.7. The van der Waals surface area contributed by atoms with Gasteiger partial charge in [0, 0.05) is 55.5 Å². The minimum absolute atomic E-state index is 0.648. The van der Waals surface area contributed by atoms with Crippen molar-refractivity contribution < 1.29 is 0 Å². The van der Waals surface area contributed by atoms with Gasteiger partial charge in [0.1, 0.15) is 0 Å². The third kappa shape index (κ3) is 5.36. The van der Waals surface area contributed by atoms with E-state index in [1.54, 1.807) is 0 Å². The van der Waals surface area contributed by atoms with Crippen molar-refractivity contribution in [2.24, 2.45) is 0 Å². The van der Waals surface area contributed by atoms with E-state index in [2.05, 4.69) is 137 Å². The molecule has 5 nitrogen and oxygen atoms in total. The molecule has 3 aromatic heterocycles. The summed E-state index contributed by atoms with van der Waals surface area (Å²) in [6.07, 6.45) is 6.59. The fourth-order valence-corrected chi connectivity index (χ4v) is 8.42. The van der Waals surface area contributed by atoms with Crippen LogP contribution in [0.25, 0.3) is 95.5 Å². The maximum Gasteiger partial charge on any atom is 0.164 e. The number of rotatable bonds is 6. The Hall–Kier alpha value is -7.37. The van der Waals surface area contributed by atoms with Crippen LogP contribution in [-0.4, -0.2) is 24.1 Å². The Morgan fingerprint density at radius 3 is 1.70 bits per heavy atom. The van der Waals surface area contributed by atoms with Crippen molar-refractivity contribution in [2.75, 3.05) is 0 Å². The Bertz CT molecular complexity index is 3060. The second-order valence-corrected chi connectivity index (χ2v) is 14.4. The molecule has 0 bridgehead atoms. The maximum absolute atomic E-state index is 5.03. The first kappa shape index (κ1) is 32.1. The first-order valence-corrected chi connectivity index (χ1v) is 19.2. The average molecular weight is 718 g/mol. The van der Waals surface area contributed by atoms with Crippen LogP contribution in [0.15, 0.2) is 182 Å². The summed E-state index contributed by atoms with van der Waals surface area (Å²) in [4.78, 5) is 15.0. The second-order valence-electron chi connectivity index (χ2n) is 14.4. The third-order valence-electron chi connectivity index (χ3n) is 11.0. The predicted molar refractivity (Wildman–Crippen MR) is 230 cm³/mol. The van der Waals surface area contributed by atoms with Crippen LogP contribution in [0.2, 0.25) is 0 Å². The van der Waals surface area contributed by atoms with Gasteiger partial charge in [-0.2, -0.15) is 0 Å². The number of para-hydroxylation sites is 2. The molecule has 0 unspecified atom stereocenters. The van der Waals surface area contributed by atoms with Gasteiger partial charge in [-0.25, -0.2) is 15.0 Å². The molecule has 264 valence electrons. The fourth-order valence-electron chi connectivity index (χ4n) is 8.42. The summed E-state index contributed by atoms with van der Waals surface area (Å²) in [5, 5.41) is 3.77. The number of aromatic nitrogens is 5. The minimum atomic E-state index is 0.648. The van der Waals surface area contributed by atoms with Crippen molar-refractivity contribution in [3.63, 3.8) is 0 Å². The Morgan fingerprint density at radius 1 is 0.375 bits per heavy atom. The molecule has 0 spiro atoms. The highest BCUT2D eigenvalue weighted by molar-refractivity contribution is 6.10. The molecule has 0 radical (unpaired) electrons. The van der Waals surface area contributed by atoms with Gasteiger partial charge in [-0.1, -0.05) is 140 Å². The third-order valence-corrected chi connectivity index (χ3v) is 11.0. The molecule has 3 heterocycles. The number of fused-ring (bicyclic) bond motifs is 6. The first-order chi connectivity index (χ1) is 27.8. The largest absolute Gasteiger partial charge is 0.313 e. The molecule has 0 atom stereocenters. The zero-order chi connectivity index (χ0) is 37.0. The number of hydrogen-bond acceptors (Lipinski definition) is 3. The Labute approximate surface area is 324 Å². The van der Waals surface area contributed by atoms with Crippen molar-refractivity contribution in [3.8, 4) is 56.7 Å². The molecule has 56 heavy (non-hydrogen) atoms. The maximum atomic E-state index is 5.03. The van der Waals surface area contributed by atoms with Crippen LogP contribution in [0.3, 0.4) is 0 Å². The second kappa shape index (κ2) is 13.2. The van der Waals surface area contributed by atoms with E-state index in [-0.39, 0.29) is 0 Å². The van der Waals surface area contributed by atoms with Gasteiger partial charge in [0.2, 0.25) is 0 Å². The van der Waals surface area contributed by atoms with Gasteiger partial charge in [-0.3, -0.25) is 0 Å². The number of allylic oxidation sites excluding steroid dienone is 1. The molecule has 0 aliphatic heterocycles. The molecular weight excluding hydrogens is 683 g/mol. The molecule has 7 aromatic carbocycles. The summed E-state index contributed by atoms with van der Waals surface area (Å²) in [6.45, 7) is 0. The van der Waals surface area contributed by atoms with Gasteiger partial charge in [0.25, 0.3) is 0 Å². The van der Waals surface area contributed by atoms with Crippen molar-refractivity contribution in [1.82, 2.24) is 24.1 Å². The van der Waals surface area contributed by atoms with Crippen molar-refractivity contribution in [1.29, 1.82) is 0 Å². The lowest BCUT2D eigenvalue weighted by Crippen LogP contribution is -2.04. The standard InChI is InChI=1S/C51H35N5/c1-4-15-34(16-5-1)49-52-50(35-17-6-2-7-18-35)54-51(53-49)38-19-14-22-40(31-38)56-46-26-13-11-24-42(46)44-32-36(28-30-47(44)56)37-27-29-43-41-23-10-12-25-45(41)55(48(43)33-37)39-20-8-3-9-21-39/h1-12,14-25,27-33H,13,26H2. The van der Waals surface area contributed by atoms with Gasteiger partial charge in [0.15, 0.2) is 17.5 Å². The van der Waals surface area contributed by atoms with Crippen molar-refractivity contribution in [2.45, 2.75) is 12.8 Å². The van der Waals surface area contributed by atoms with E-state index in [0.717, 1.165) is 40.9 Å². The van der Waals surface area contributed by atoms with Gasteiger partial charge in [0.05, 0.1) is 16.6 Å². The summed E-state index contributed by atoms with van der Waals surface area (Å²) in [7, 11) is 0. The molecule has 1 aliphatic carbocycles. The number of nitrogens with zero attached hydrogens (tertiary/aromatic N) is 5. The highest BCUT2D eigenvalue weighted by Gasteiger charge is 2.21. The van der Waals surface area contributed by atoms with Crippen LogP contribution in [0.5, 0.6) is 0 Å². The molecule has 10 aromatic rings. The van der Waals surface area contributed by atoms with E-state index in [9.17, 15) is 0 Å². The monoisotopic (exact) mass is 717 g/mol. The minimum Gasteiger partial charge on any atom is -0.313 e. The fraction of sp³-hybridized carbons (Fsp3) is 0.0392. The topological polar surface area (TPSA) is 48.5 Å². The van der Waals surface area contributed by atoms with E-state index < -0.39 is 0 Å². The van der Waals surface area contributed by atoms with E-state index >= 15 is 0 Å². The molecule has 5 heteroatoms. The lowest BCUT2D eigenvalue weighted by molar-refractivity contribution is 0.888. The summed E-state index contributed by atoms with van der Waals surface area (Å²) in [6, 6.07) is 62.2. The Morgan fingerprint density at radius 2 is 0.946 bits per heavy atom. The van der Waals surface area contributed by atoms with E-state index in [1.807, 2.05) is 60.7 Å². The van der Waals surface area contributed by atoms with Crippen LogP contribution in [-0.2, 0) is 6.42 Å². The Kier molecular flexibility index (Phi) is 7.56. The normalized spacial score (nSPS) is 12.4. The average Bonchev–Trinajstić information content (AvgIpc) is 3.79. The molecule has 0 fully saturated rings. The van der Waals surface area contributed by atoms with Crippen LogP contribution in [0.1, 0.15) is 17.7 Å². The van der Waals surface area contributed by atoms with Gasteiger partial charge < -0.3 is 9.13 Å². The molecule has 0 N–H and O–H groups in total. The molecular formula is C51H35N5. The lowest BCUT2D eigenvalue weighted by atomic mass is 9.98. The summed E-state index contributed by atoms with van der Waals surface area (Å²) in [5.74, 6) is 1.96. The molecule has 0 saturated heterocycles. The zero-order valence-electron chi connectivity index (χ0n) is 30.5. The zero-order valence-corrected chi connectivity index (χ0v) is 30.5. The van der Waals surface area contributed by atoms with Crippen LogP contribution >= 0.6 is 0 Å². The molecule has 1 aliphatic rings. The number of hydrogen-bond donors (Lipinski definition) is 0. The molecule has 0 amide bonds. The summed E-state index contributed by atoms with van der Waals surface area (Å²) < 4.78 is 4.83. The highest BCUT2D eigenvalue weighted by atomic mass is 15.0. The van der Waals surface area contributed by atoms with Crippen LogP contribution in [0, 0.1) is 0 Å². The lowest BCUT2D eigenvalue weighted by Gasteiger charge is -2.15. The van der Waals surface area contributed by atoms with Crippen LogP contribution in [0.4, 0.5) is 0 Å². The molecule has 0 saturated carbocycles. The van der Waals surface area contributed by atoms with Gasteiger partial charge in [-0.15, -0.1) is 0 Å². The highest BCUT2D eigenvalue weighted by Crippen LogP contribution is 2.39. The van der Waals surface area contributed by atoms with E-state index in [0.29, 0.717) is 17.5 Å². The molecule has 11 rings (SSSR count). The Balaban J connectivity index is 1.05. The SMILES string of the molecule is C1=Cc2c(n(-c3cccc(-c4nc(-c5ccccc5)nc(-c5ccccc5)n4)c3)c3ccc(-c4ccc5c6ccccc6n(-c6ccccc6)c5c4)cc23)CC1. The number of benzene rings is 7.